The van der Waals surface area contributed by atoms with Gasteiger partial charge in [-0.25, -0.2) is 19.9 Å². The highest BCUT2D eigenvalue weighted by atomic mass is 16.5. The molecule has 37 heavy (non-hydrogen) atoms. The monoisotopic (exact) mass is 502 g/mol. The van der Waals surface area contributed by atoms with Gasteiger partial charge >= 0.3 is 0 Å². The molecule has 0 amide bonds. The van der Waals surface area contributed by atoms with Crippen LogP contribution in [0.3, 0.4) is 0 Å². The molecule has 0 aromatic carbocycles. The third-order valence-electron chi connectivity index (χ3n) is 7.61. The van der Waals surface area contributed by atoms with Crippen LogP contribution in [0.5, 0.6) is 0 Å². The van der Waals surface area contributed by atoms with Crippen LogP contribution in [0.4, 0.5) is 29.2 Å². The first kappa shape index (κ1) is 23.8. The van der Waals surface area contributed by atoms with E-state index < -0.39 is 0 Å². The van der Waals surface area contributed by atoms with Crippen LogP contribution in [0.2, 0.25) is 0 Å². The molecule has 0 radical (unpaired) electrons. The Bertz CT molecular complexity index is 1240. The van der Waals surface area contributed by atoms with Gasteiger partial charge in [-0.1, -0.05) is 0 Å². The molecular weight excluding hydrogens is 468 g/mol. The second-order valence-corrected chi connectivity index (χ2v) is 10.1. The van der Waals surface area contributed by atoms with Crippen LogP contribution in [0.25, 0.3) is 11.3 Å². The molecule has 6 rings (SSSR count). The molecule has 0 aliphatic carbocycles. The molecule has 3 aliphatic heterocycles. The fourth-order valence-electron chi connectivity index (χ4n) is 5.46. The van der Waals surface area contributed by atoms with Gasteiger partial charge < -0.3 is 30.1 Å². The number of pyridine rings is 1. The van der Waals surface area contributed by atoms with Gasteiger partial charge in [-0.15, -0.1) is 0 Å². The third kappa shape index (κ3) is 4.76. The van der Waals surface area contributed by atoms with Gasteiger partial charge in [0.25, 0.3) is 0 Å². The minimum Gasteiger partial charge on any atom is -0.378 e. The van der Waals surface area contributed by atoms with Crippen LogP contribution in [0.1, 0.15) is 18.4 Å². The molecule has 2 fully saturated rings. The second kappa shape index (κ2) is 10.1. The zero-order valence-corrected chi connectivity index (χ0v) is 21.5. The molecule has 3 aromatic rings. The van der Waals surface area contributed by atoms with E-state index in [1.165, 1.54) is 0 Å². The fourth-order valence-corrected chi connectivity index (χ4v) is 5.46. The average molecular weight is 503 g/mol. The molecule has 0 bridgehead atoms. The van der Waals surface area contributed by atoms with Gasteiger partial charge in [0.2, 0.25) is 11.9 Å². The lowest BCUT2D eigenvalue weighted by molar-refractivity contribution is 0.122. The quantitative estimate of drug-likeness (QED) is 0.552. The lowest BCUT2D eigenvalue weighted by atomic mass is 10.0. The van der Waals surface area contributed by atoms with E-state index in [1.807, 2.05) is 6.20 Å². The third-order valence-corrected chi connectivity index (χ3v) is 7.61. The number of ether oxygens (including phenoxy) is 1. The van der Waals surface area contributed by atoms with Crippen molar-refractivity contribution in [2.24, 2.45) is 0 Å². The molecule has 2 saturated heterocycles. The molecule has 0 atom stereocenters. The molecular formula is C26H34N10O. The smallest absolute Gasteiger partial charge is 0.228 e. The normalized spacial score (nSPS) is 18.5. The Balaban J connectivity index is 1.35. The number of nitrogen functional groups attached to an aromatic ring is 1. The van der Waals surface area contributed by atoms with Crippen LogP contribution in [-0.2, 0) is 11.2 Å². The van der Waals surface area contributed by atoms with Crippen molar-refractivity contribution in [3.63, 3.8) is 0 Å². The lowest BCUT2D eigenvalue weighted by Crippen LogP contribution is -2.42. The summed E-state index contributed by atoms with van der Waals surface area (Å²) < 4.78 is 5.57. The van der Waals surface area contributed by atoms with E-state index in [0.29, 0.717) is 25.2 Å². The number of fused-ring (bicyclic) bond motifs is 1. The summed E-state index contributed by atoms with van der Waals surface area (Å²) >= 11 is 0. The number of hydrogen-bond donors (Lipinski definition) is 1. The number of aromatic nitrogens is 5. The van der Waals surface area contributed by atoms with Crippen LogP contribution in [0, 0.1) is 0 Å². The van der Waals surface area contributed by atoms with E-state index >= 15 is 0 Å². The predicted molar refractivity (Wildman–Crippen MR) is 144 cm³/mol. The Hall–Kier alpha value is -3.57. The van der Waals surface area contributed by atoms with Gasteiger partial charge in [0.05, 0.1) is 18.9 Å². The van der Waals surface area contributed by atoms with E-state index in [0.717, 1.165) is 86.1 Å². The summed E-state index contributed by atoms with van der Waals surface area (Å²) in [5, 5.41) is 0. The Morgan fingerprint density at radius 3 is 2.43 bits per heavy atom. The minimum atomic E-state index is 0.253. The van der Waals surface area contributed by atoms with Gasteiger partial charge in [0, 0.05) is 80.2 Å². The van der Waals surface area contributed by atoms with Crippen molar-refractivity contribution in [2.75, 3.05) is 80.5 Å². The molecule has 3 aliphatic rings. The van der Waals surface area contributed by atoms with Crippen molar-refractivity contribution >= 4 is 29.2 Å². The number of nitrogens with zero attached hydrogens (tertiary/aromatic N) is 9. The standard InChI is InChI=1S/C26H34N10O/c1-33(2)19-4-8-34(9-5-19)22-15-20(3-7-28-22)36-10-6-21-23(18-16-29-25(27)30-17-18)31-26(32-24(21)36)35-11-13-37-14-12-35/h3,7,15-17,19H,4-6,8-14H2,1-2H3,(H2,27,29,30). The molecule has 2 N–H and O–H groups in total. The van der Waals surface area contributed by atoms with Crippen LogP contribution < -0.4 is 20.4 Å². The van der Waals surface area contributed by atoms with Gasteiger partial charge in [-0.3, -0.25) is 0 Å². The summed E-state index contributed by atoms with van der Waals surface area (Å²) in [6.07, 6.45) is 8.55. The van der Waals surface area contributed by atoms with Crippen molar-refractivity contribution in [1.82, 2.24) is 29.8 Å². The number of rotatable bonds is 5. The highest BCUT2D eigenvalue weighted by molar-refractivity contribution is 5.77. The summed E-state index contributed by atoms with van der Waals surface area (Å²) in [6.45, 7) is 5.72. The maximum Gasteiger partial charge on any atom is 0.228 e. The first-order chi connectivity index (χ1) is 18.1. The summed E-state index contributed by atoms with van der Waals surface area (Å²) in [5.41, 5.74) is 9.69. The van der Waals surface area contributed by atoms with E-state index in [-0.39, 0.29) is 5.95 Å². The van der Waals surface area contributed by atoms with Crippen molar-refractivity contribution in [3.05, 3.63) is 36.3 Å². The van der Waals surface area contributed by atoms with Gasteiger partial charge in [-0.2, -0.15) is 4.98 Å². The van der Waals surface area contributed by atoms with Crippen molar-refractivity contribution in [2.45, 2.75) is 25.3 Å². The molecule has 11 heteroatoms. The summed E-state index contributed by atoms with van der Waals surface area (Å²) in [7, 11) is 4.34. The van der Waals surface area contributed by atoms with Gasteiger partial charge in [0.15, 0.2) is 0 Å². The largest absolute Gasteiger partial charge is 0.378 e. The molecule has 3 aromatic heterocycles. The zero-order chi connectivity index (χ0) is 25.4. The SMILES string of the molecule is CN(C)C1CCN(c2cc(N3CCc4c(-c5cnc(N)nc5)nc(N5CCOCC5)nc43)ccn2)CC1. The molecule has 0 spiro atoms. The first-order valence-electron chi connectivity index (χ1n) is 13.0. The van der Waals surface area contributed by atoms with Crippen LogP contribution in [-0.4, -0.2) is 95.9 Å². The lowest BCUT2D eigenvalue weighted by Gasteiger charge is -2.36. The molecule has 6 heterocycles. The molecule has 194 valence electrons. The Morgan fingerprint density at radius 1 is 0.946 bits per heavy atom. The van der Waals surface area contributed by atoms with Crippen LogP contribution >= 0.6 is 0 Å². The number of anilines is 5. The average Bonchev–Trinajstić information content (AvgIpc) is 3.38. The number of morpholine rings is 1. The fraction of sp³-hybridized carbons (Fsp3) is 0.500. The molecule has 11 nitrogen and oxygen atoms in total. The number of hydrogen-bond acceptors (Lipinski definition) is 11. The van der Waals surface area contributed by atoms with Crippen molar-refractivity contribution in [1.29, 1.82) is 0 Å². The van der Waals surface area contributed by atoms with E-state index in [9.17, 15) is 0 Å². The van der Waals surface area contributed by atoms with Crippen molar-refractivity contribution < 1.29 is 4.74 Å². The molecule has 0 unspecified atom stereocenters. The maximum atomic E-state index is 5.76. The summed E-state index contributed by atoms with van der Waals surface area (Å²) in [6, 6.07) is 4.91. The second-order valence-electron chi connectivity index (χ2n) is 10.1. The summed E-state index contributed by atoms with van der Waals surface area (Å²) in [4.78, 5) is 32.5. The summed E-state index contributed by atoms with van der Waals surface area (Å²) in [5.74, 6) is 2.92. The Labute approximate surface area is 217 Å². The van der Waals surface area contributed by atoms with E-state index in [4.69, 9.17) is 25.4 Å². The minimum absolute atomic E-state index is 0.253. The van der Waals surface area contributed by atoms with Crippen LogP contribution in [0.15, 0.2) is 30.7 Å². The topological polar surface area (TPSA) is 113 Å². The van der Waals surface area contributed by atoms with E-state index in [2.05, 4.69) is 55.8 Å². The number of nitrogens with two attached hydrogens (primary N) is 1. The maximum absolute atomic E-state index is 5.76. The highest BCUT2D eigenvalue weighted by Gasteiger charge is 2.30. The predicted octanol–water partition coefficient (Wildman–Crippen LogP) is 1.97. The first-order valence-corrected chi connectivity index (χ1v) is 13.0. The highest BCUT2D eigenvalue weighted by Crippen LogP contribution is 2.39. The molecule has 0 saturated carbocycles. The van der Waals surface area contributed by atoms with Crippen molar-refractivity contribution in [3.8, 4) is 11.3 Å². The Morgan fingerprint density at radius 2 is 1.70 bits per heavy atom. The number of piperidine rings is 1. The Kier molecular flexibility index (Phi) is 6.47. The van der Waals surface area contributed by atoms with Gasteiger partial charge in [-0.05, 0) is 39.4 Å². The van der Waals surface area contributed by atoms with E-state index in [1.54, 1.807) is 12.4 Å². The zero-order valence-electron chi connectivity index (χ0n) is 21.5. The van der Waals surface area contributed by atoms with Gasteiger partial charge in [0.1, 0.15) is 11.6 Å².